The first-order valence-electron chi connectivity index (χ1n) is 52.4. The van der Waals surface area contributed by atoms with Crippen LogP contribution in [0.3, 0.4) is 0 Å². The van der Waals surface area contributed by atoms with Crippen LogP contribution in [0, 0.1) is 32.6 Å². The molecule has 0 aliphatic heterocycles. The maximum Gasteiger partial charge on any atom is 0.135 e. The average Bonchev–Trinajstić information content (AvgIpc) is 1.58. The monoisotopic (exact) mass is 1920 g/mol. The zero-order valence-electron chi connectivity index (χ0n) is 87.8. The Kier molecular flexibility index (Phi) is 48.0. The van der Waals surface area contributed by atoms with Crippen molar-refractivity contribution in [2.75, 3.05) is 0 Å². The molecule has 732 valence electrons. The van der Waals surface area contributed by atoms with Crippen molar-refractivity contribution >= 4 is 150 Å². The molecule has 26 rings (SSSR count). The highest BCUT2D eigenvalue weighted by Gasteiger charge is 2.16. The number of furan rings is 1. The molecule has 0 saturated heterocycles. The Bertz CT molecular complexity index is 6580. The van der Waals surface area contributed by atoms with Crippen LogP contribution in [0.4, 0.5) is 0 Å². The Morgan fingerprint density at radius 1 is 0.175 bits per heavy atom. The van der Waals surface area contributed by atoms with Crippen LogP contribution in [0.15, 0.2) is 478 Å². The Labute approximate surface area is 862 Å². The summed E-state index contributed by atoms with van der Waals surface area (Å²) in [5.41, 5.74) is 17.1. The summed E-state index contributed by atoms with van der Waals surface area (Å²) in [7, 11) is 0. The van der Waals surface area contributed by atoms with Crippen LogP contribution in [0.5, 0.6) is 0 Å². The van der Waals surface area contributed by atoms with E-state index in [0.29, 0.717) is 0 Å². The van der Waals surface area contributed by atoms with Gasteiger partial charge in [-0.05, 0) is 142 Å². The van der Waals surface area contributed by atoms with Crippen molar-refractivity contribution in [3.63, 3.8) is 0 Å². The second-order valence-electron chi connectivity index (χ2n) is 33.8. The van der Waals surface area contributed by atoms with Gasteiger partial charge in [0.25, 0.3) is 0 Å². The molecule has 6 aromatic heterocycles. The Balaban J connectivity index is 0.000000163. The Morgan fingerprint density at radius 2 is 0.336 bits per heavy atom. The number of benzene rings is 18. The van der Waals surface area contributed by atoms with E-state index in [-0.39, 0.29) is 0 Å². The first-order valence-corrected chi connectivity index (χ1v) is 54.1. The van der Waals surface area contributed by atoms with Crippen molar-refractivity contribution in [2.45, 2.75) is 182 Å². The molecule has 6 heterocycles. The lowest BCUT2D eigenvalue weighted by Crippen LogP contribution is -1.99. The summed E-state index contributed by atoms with van der Waals surface area (Å²) in [6.07, 6.45) is 14.9. The van der Waals surface area contributed by atoms with Crippen molar-refractivity contribution in [3.05, 3.63) is 490 Å². The number of thiophene rings is 2. The van der Waals surface area contributed by atoms with E-state index in [1.165, 1.54) is 214 Å². The smallest absolute Gasteiger partial charge is 0.135 e. The van der Waals surface area contributed by atoms with Crippen molar-refractivity contribution in [1.29, 1.82) is 0 Å². The van der Waals surface area contributed by atoms with E-state index in [1.54, 1.807) is 0 Å². The molecule has 0 atom stereocenters. The highest BCUT2D eigenvalue weighted by Crippen LogP contribution is 2.38. The Morgan fingerprint density at radius 3 is 0.517 bits per heavy atom. The molecule has 2 fully saturated rings. The molecule has 6 heteroatoms. The molecule has 0 amide bonds. The lowest BCUT2D eigenvalue weighted by molar-refractivity contribution is 0.385. The molecule has 4 nitrogen and oxygen atoms in total. The zero-order valence-corrected chi connectivity index (χ0v) is 89.5. The largest absolute Gasteiger partial charge is 0.456 e. The lowest BCUT2D eigenvalue weighted by atomic mass is 9.91. The van der Waals surface area contributed by atoms with E-state index in [1.807, 2.05) is 197 Å². The Hall–Kier alpha value is -14.4. The summed E-state index contributed by atoms with van der Waals surface area (Å²) in [4.78, 5) is 0. The van der Waals surface area contributed by atoms with Gasteiger partial charge in [0.05, 0.1) is 33.1 Å². The molecule has 2 aliphatic rings. The minimum Gasteiger partial charge on any atom is -0.456 e. The molecule has 2 aliphatic carbocycles. The van der Waals surface area contributed by atoms with E-state index in [2.05, 4.69) is 431 Å². The molecule has 0 spiro atoms. The second kappa shape index (κ2) is 62.0. The topological polar surface area (TPSA) is 27.9 Å². The van der Waals surface area contributed by atoms with E-state index < -0.39 is 0 Å². The molecule has 0 unspecified atom stereocenters. The van der Waals surface area contributed by atoms with Gasteiger partial charge in [-0.2, -0.15) is 0 Å². The van der Waals surface area contributed by atoms with Crippen molar-refractivity contribution in [3.8, 4) is 17.1 Å². The number of aromatic nitrogens is 3. The summed E-state index contributed by atoms with van der Waals surface area (Å²) >= 11 is 3.72. The average molecular weight is 1920 g/mol. The summed E-state index contributed by atoms with van der Waals surface area (Å²) in [5.74, 6) is 2.07. The van der Waals surface area contributed by atoms with Crippen molar-refractivity contribution in [1.82, 2.24) is 13.7 Å². The first-order chi connectivity index (χ1) is 70.7. The van der Waals surface area contributed by atoms with Gasteiger partial charge in [-0.3, -0.25) is 0 Å². The third-order valence-electron chi connectivity index (χ3n) is 24.2. The molecule has 24 aromatic rings. The van der Waals surface area contributed by atoms with Crippen LogP contribution in [-0.2, 0) is 0 Å². The quantitative estimate of drug-likeness (QED) is 0.173. The summed E-state index contributed by atoms with van der Waals surface area (Å²) in [6, 6.07) is 164. The van der Waals surface area contributed by atoms with Crippen LogP contribution < -0.4 is 0 Å². The molecule has 0 bridgehead atoms. The molecule has 0 N–H and O–H groups in total. The highest BCUT2D eigenvalue weighted by molar-refractivity contribution is 7.26. The second-order valence-corrected chi connectivity index (χ2v) is 36.0. The van der Waals surface area contributed by atoms with E-state index in [9.17, 15) is 0 Å². The van der Waals surface area contributed by atoms with E-state index >= 15 is 0 Å². The summed E-state index contributed by atoms with van der Waals surface area (Å²) in [5, 5.41) is 15.7. The van der Waals surface area contributed by atoms with Gasteiger partial charge in [-0.1, -0.05) is 542 Å². The fraction of sp³-hybridized carbons (Fsp3) is 0.212. The number of para-hydroxylation sites is 11. The minimum absolute atomic E-state index is 0.962. The fourth-order valence-electron chi connectivity index (χ4n) is 17.6. The van der Waals surface area contributed by atoms with Gasteiger partial charge < -0.3 is 18.1 Å². The lowest BCUT2D eigenvalue weighted by Gasteiger charge is -2.15. The maximum atomic E-state index is 5.65. The number of rotatable bonds is 3. The van der Waals surface area contributed by atoms with Gasteiger partial charge >= 0.3 is 0 Å². The molecular formula is C137H151N3OS2. The molecule has 18 aromatic carbocycles. The van der Waals surface area contributed by atoms with Gasteiger partial charge in [0.1, 0.15) is 11.2 Å². The fourth-order valence-corrected chi connectivity index (χ4v) is 19.8. The van der Waals surface area contributed by atoms with Crippen LogP contribution in [0.1, 0.15) is 178 Å². The number of aryl methyl sites for hydroxylation is 3. The number of hydrogen-bond donors (Lipinski definition) is 0. The molecule has 0 radical (unpaired) electrons. The predicted molar refractivity (Wildman–Crippen MR) is 641 cm³/mol. The van der Waals surface area contributed by atoms with Gasteiger partial charge in [0.15, 0.2) is 0 Å². The zero-order chi connectivity index (χ0) is 102. The minimum atomic E-state index is 0.962. The third kappa shape index (κ3) is 31.3. The van der Waals surface area contributed by atoms with Crippen LogP contribution in [0.25, 0.3) is 145 Å². The normalized spacial score (nSPS) is 11.5. The van der Waals surface area contributed by atoms with Crippen LogP contribution in [0.2, 0.25) is 0 Å². The van der Waals surface area contributed by atoms with E-state index in [4.69, 9.17) is 4.42 Å². The molecule has 2 saturated carbocycles. The number of hydrogen-bond acceptors (Lipinski definition) is 3. The number of nitrogens with zero attached hydrogens (tertiary/aromatic N) is 3. The van der Waals surface area contributed by atoms with Crippen molar-refractivity contribution < 1.29 is 4.42 Å². The SMILES string of the molecule is CC.CC.CC.CC.CC.CC.CC1CCCCC1.CC1CCCCC1.Cc1ccccc1.Cc1ccccc1.Cc1ccccc1.c1ccc(-n2c3ccccc3c3ccccc32)cc1.c1ccc(-n2c3ccccc3c3ccccc32)cc1.c1ccc(-n2c3ccccc3c3ccccc32)cc1.c1ccc2c(c1)oc1ccccc12.c1ccc2c(c1)sc1ccccc12.c1ccc2c(c1)sc1ccccc12. The molecular weight excluding hydrogens is 1770 g/mol. The van der Waals surface area contributed by atoms with Gasteiger partial charge in [0, 0.05) is 100 Å². The molecule has 143 heavy (non-hydrogen) atoms. The number of fused-ring (bicyclic) bond motifs is 18. The highest BCUT2D eigenvalue weighted by atomic mass is 32.1. The maximum absolute atomic E-state index is 5.65. The predicted octanol–water partition coefficient (Wildman–Crippen LogP) is 43.4. The van der Waals surface area contributed by atoms with E-state index in [0.717, 1.165) is 23.0 Å². The van der Waals surface area contributed by atoms with Gasteiger partial charge in [-0.15, -0.1) is 22.7 Å². The standard InChI is InChI=1S/3C18H13N.C12H8O.2C12H8S.2C7H14.3C7H8.6C2H6/c3*1-2-8-14(9-3-1)19-17-12-6-4-10-15(17)16-11-5-7-13-18(16)19;3*1-3-7-11-9(5-1)10-6-2-4-8-12(10)13-11;5*1-7-5-3-2-4-6-7;6*1-2/h3*1-13H;3*1-8H;2*7H,2-6H2,1H3;3*2-6H,1H3;6*1-2H3. The van der Waals surface area contributed by atoms with Gasteiger partial charge in [-0.25, -0.2) is 0 Å². The third-order valence-corrected chi connectivity index (χ3v) is 26.5. The summed E-state index contributed by atoms with van der Waals surface area (Å²) < 4.78 is 18.1. The first kappa shape index (κ1) is 111. The van der Waals surface area contributed by atoms with Crippen molar-refractivity contribution in [2.24, 2.45) is 11.8 Å². The van der Waals surface area contributed by atoms with Gasteiger partial charge in [0.2, 0.25) is 0 Å². The summed E-state index contributed by atoms with van der Waals surface area (Å²) in [6.45, 7) is 35.0. The van der Waals surface area contributed by atoms with Crippen LogP contribution in [-0.4, -0.2) is 13.7 Å². The van der Waals surface area contributed by atoms with Crippen LogP contribution >= 0.6 is 22.7 Å².